The minimum atomic E-state index is 0. The molecule has 8 heteroatoms. The number of unbranched alkanes of at least 4 members (excludes halogenated alkanes) is 1. The average Bonchev–Trinajstić information content (AvgIpc) is 3.74. The normalized spacial score (nSPS) is 16.5. The number of fused-ring (bicyclic) bond motifs is 4. The molecular formula is C41H47LiN6S. The van der Waals surface area contributed by atoms with Crippen molar-refractivity contribution in [3.63, 3.8) is 0 Å². The maximum atomic E-state index is 4.56. The predicted molar refractivity (Wildman–Crippen MR) is 195 cm³/mol. The Labute approximate surface area is 308 Å². The van der Waals surface area contributed by atoms with Gasteiger partial charge in [-0.05, 0) is 66.1 Å². The number of H-pyrrole nitrogens is 1. The van der Waals surface area contributed by atoms with E-state index >= 15 is 0 Å². The van der Waals surface area contributed by atoms with Gasteiger partial charge in [-0.15, -0.1) is 29.1 Å². The first-order valence-corrected chi connectivity index (χ1v) is 18.2. The second kappa shape index (κ2) is 15.9. The van der Waals surface area contributed by atoms with Gasteiger partial charge in [0.25, 0.3) is 0 Å². The van der Waals surface area contributed by atoms with Gasteiger partial charge in [-0.2, -0.15) is 6.08 Å². The number of hydrogen-bond donors (Lipinski definition) is 0. The second-order valence-corrected chi connectivity index (χ2v) is 14.8. The van der Waals surface area contributed by atoms with E-state index in [1.165, 1.54) is 46.2 Å². The third-order valence-corrected chi connectivity index (χ3v) is 10.4. The molecular weight excluding hydrogens is 616 g/mol. The van der Waals surface area contributed by atoms with Gasteiger partial charge in [0.1, 0.15) is 6.20 Å². The van der Waals surface area contributed by atoms with Gasteiger partial charge in [-0.25, -0.2) is 0 Å². The van der Waals surface area contributed by atoms with Gasteiger partial charge in [-0.1, -0.05) is 96.0 Å². The summed E-state index contributed by atoms with van der Waals surface area (Å²) in [6.45, 7) is 15.4. The molecule has 248 valence electrons. The van der Waals surface area contributed by atoms with E-state index in [-0.39, 0.29) is 24.3 Å². The molecule has 0 amide bonds. The summed E-state index contributed by atoms with van der Waals surface area (Å²) in [6, 6.07) is 20.7. The Morgan fingerprint density at radius 3 is 2.57 bits per heavy atom. The van der Waals surface area contributed by atoms with Gasteiger partial charge in [-0.3, -0.25) is 9.97 Å². The van der Waals surface area contributed by atoms with E-state index < -0.39 is 0 Å². The molecule has 6 nitrogen and oxygen atoms in total. The van der Waals surface area contributed by atoms with Gasteiger partial charge in [0.15, 0.2) is 5.52 Å². The van der Waals surface area contributed by atoms with Crippen LogP contribution in [-0.4, -0.2) is 15.1 Å². The van der Waals surface area contributed by atoms with Crippen LogP contribution in [-0.2, 0) is 11.8 Å². The summed E-state index contributed by atoms with van der Waals surface area (Å²) in [7, 11) is 0. The SMILES string of the molecule is CCCCc1ccc2c(c1)SC1=CC(c3cnc4cccnc4[nH+]3)=[C-]C(C)C12.CC[C-](CC)[n+]1ccccc1-c1cc(C(C)(C)C)n[n-]1.[Li+]. The van der Waals surface area contributed by atoms with Gasteiger partial charge < -0.3 is 14.8 Å². The summed E-state index contributed by atoms with van der Waals surface area (Å²) < 4.78 is 2.25. The number of benzene rings is 1. The molecule has 0 radical (unpaired) electrons. The fourth-order valence-corrected chi connectivity index (χ4v) is 7.85. The van der Waals surface area contributed by atoms with Crippen LogP contribution in [0.5, 0.6) is 0 Å². The zero-order valence-electron chi connectivity index (χ0n) is 30.3. The monoisotopic (exact) mass is 662 g/mol. The van der Waals surface area contributed by atoms with Crippen LogP contribution in [0.3, 0.4) is 0 Å². The topological polar surface area (TPSA) is 70.8 Å². The van der Waals surface area contributed by atoms with Crippen LogP contribution < -0.4 is 33.5 Å². The third kappa shape index (κ3) is 8.07. The fraction of sp³-hybridized carbons (Fsp3) is 0.366. The number of thioether (sulfide) groups is 1. The summed E-state index contributed by atoms with van der Waals surface area (Å²) in [6.07, 6.45) is 17.5. The van der Waals surface area contributed by atoms with E-state index in [2.05, 4.69) is 139 Å². The average molecular weight is 663 g/mol. The molecule has 5 aromatic rings. The van der Waals surface area contributed by atoms with Gasteiger partial charge in [0, 0.05) is 33.8 Å². The van der Waals surface area contributed by atoms with Crippen molar-refractivity contribution in [3.8, 4) is 11.4 Å². The first-order chi connectivity index (χ1) is 23.2. The molecule has 1 aromatic carbocycles. The molecule has 0 saturated carbocycles. The fourth-order valence-electron chi connectivity index (χ4n) is 6.44. The molecule has 49 heavy (non-hydrogen) atoms. The Kier molecular flexibility index (Phi) is 11.9. The molecule has 2 unspecified atom stereocenters. The van der Waals surface area contributed by atoms with Crippen LogP contribution >= 0.6 is 11.8 Å². The first-order valence-electron chi connectivity index (χ1n) is 17.4. The van der Waals surface area contributed by atoms with Crippen LogP contribution in [0.4, 0.5) is 0 Å². The largest absolute Gasteiger partial charge is 1.00 e. The summed E-state index contributed by atoms with van der Waals surface area (Å²) in [5.74, 6) is 0.758. The van der Waals surface area contributed by atoms with Crippen molar-refractivity contribution < 1.29 is 28.4 Å². The van der Waals surface area contributed by atoms with E-state index in [0.717, 1.165) is 52.4 Å². The molecule has 1 N–H and O–H groups in total. The summed E-state index contributed by atoms with van der Waals surface area (Å²) >= 11 is 1.92. The molecule has 1 aliphatic carbocycles. The number of rotatable bonds is 8. The smallest absolute Gasteiger partial charge is 0.581 e. The summed E-state index contributed by atoms with van der Waals surface area (Å²) in [5, 5.41) is 8.72. The Morgan fingerprint density at radius 1 is 1.02 bits per heavy atom. The maximum absolute atomic E-state index is 4.56. The van der Waals surface area contributed by atoms with Crippen LogP contribution in [0.25, 0.3) is 28.1 Å². The minimum Gasteiger partial charge on any atom is -0.581 e. The van der Waals surface area contributed by atoms with Crippen LogP contribution in [0.2, 0.25) is 0 Å². The van der Waals surface area contributed by atoms with Crippen molar-refractivity contribution >= 4 is 28.5 Å². The first kappa shape index (κ1) is 36.6. The zero-order chi connectivity index (χ0) is 33.8. The van der Waals surface area contributed by atoms with Gasteiger partial charge in [0.05, 0.1) is 17.9 Å². The minimum absolute atomic E-state index is 0. The Bertz CT molecular complexity index is 1950. The molecule has 5 heterocycles. The number of hydrogen-bond acceptors (Lipinski definition) is 4. The number of aromatic nitrogens is 6. The van der Waals surface area contributed by atoms with Crippen LogP contribution in [0.15, 0.2) is 89.1 Å². The number of nitrogens with one attached hydrogen (secondary N) is 1. The maximum Gasteiger partial charge on any atom is 1.00 e. The van der Waals surface area contributed by atoms with Crippen LogP contribution in [0, 0.1) is 18.0 Å². The van der Waals surface area contributed by atoms with E-state index in [0.29, 0.717) is 11.8 Å². The second-order valence-electron chi connectivity index (χ2n) is 13.7. The summed E-state index contributed by atoms with van der Waals surface area (Å²) in [4.78, 5) is 15.2. The molecule has 0 fully saturated rings. The standard InChI is InChI=1S/C24H22N3S.C17H24N3.Li/c1-3-4-6-16-8-9-18-21(12-16)28-22-13-17(11-15(2)23(18)22)20-14-26-19-7-5-10-25-24(19)27-20;1-6-13(7-2)20-11-9-8-10-15(20)14-12-16(19-18-14)17(3,4)5;/h5,7-10,12-15,23H,3-4,6H2,1-2H3;8-12H,6-7H2,1-5H3;/q2*-1;+1/p+1. The molecule has 7 rings (SSSR count). The van der Waals surface area contributed by atoms with Crippen molar-refractivity contribution in [2.75, 3.05) is 0 Å². The van der Waals surface area contributed by atoms with Crippen molar-refractivity contribution in [2.45, 2.75) is 96.8 Å². The number of allylic oxidation sites excluding steroid dienone is 4. The number of pyridine rings is 2. The van der Waals surface area contributed by atoms with Crippen LogP contribution in [0.1, 0.15) is 103 Å². The van der Waals surface area contributed by atoms with Crippen molar-refractivity contribution in [2.24, 2.45) is 5.92 Å². The molecule has 2 aliphatic rings. The molecule has 4 aromatic heterocycles. The van der Waals surface area contributed by atoms with Crippen molar-refractivity contribution in [1.29, 1.82) is 0 Å². The molecule has 1 aliphatic heterocycles. The molecule has 0 bridgehead atoms. The molecule has 0 spiro atoms. The Hall–Kier alpha value is -3.63. The Morgan fingerprint density at radius 2 is 1.84 bits per heavy atom. The van der Waals surface area contributed by atoms with E-state index in [1.54, 1.807) is 6.20 Å². The summed E-state index contributed by atoms with van der Waals surface area (Å²) in [5.41, 5.74) is 9.81. The zero-order valence-corrected chi connectivity index (χ0v) is 31.2. The van der Waals surface area contributed by atoms with E-state index in [4.69, 9.17) is 0 Å². The number of nitrogens with zero attached hydrogens (tertiary/aromatic N) is 5. The van der Waals surface area contributed by atoms with Gasteiger partial charge in [0.2, 0.25) is 0 Å². The number of aryl methyl sites for hydroxylation is 1. The van der Waals surface area contributed by atoms with Crippen molar-refractivity contribution in [3.05, 3.63) is 119 Å². The third-order valence-electron chi connectivity index (χ3n) is 9.19. The van der Waals surface area contributed by atoms with E-state index in [1.807, 2.05) is 30.1 Å². The Balaban J connectivity index is 0.000000199. The quantitative estimate of drug-likeness (QED) is 0.118. The molecule has 2 atom stereocenters. The molecule has 0 saturated heterocycles. The number of aromatic amines is 1. The van der Waals surface area contributed by atoms with Gasteiger partial charge >= 0.3 is 24.5 Å². The van der Waals surface area contributed by atoms with Crippen molar-refractivity contribution in [1.82, 2.24) is 20.2 Å². The predicted octanol–water partition coefficient (Wildman–Crippen LogP) is 5.89. The van der Waals surface area contributed by atoms with E-state index in [9.17, 15) is 0 Å².